The van der Waals surface area contributed by atoms with Gasteiger partial charge in [-0.1, -0.05) is 12.1 Å². The zero-order valence-electron chi connectivity index (χ0n) is 16.1. The Morgan fingerprint density at radius 1 is 1.14 bits per heavy atom. The molecule has 0 unspecified atom stereocenters. The zero-order valence-corrected chi connectivity index (χ0v) is 16.1. The van der Waals surface area contributed by atoms with Crippen molar-refractivity contribution in [3.05, 3.63) is 76.7 Å². The molecular formula is C20H21N5O4. The Bertz CT molecular complexity index is 1090. The van der Waals surface area contributed by atoms with Gasteiger partial charge in [0.1, 0.15) is 5.69 Å². The number of carbonyl (C=O) groups excluding carboxylic acids is 2. The number of carbonyl (C=O) groups is 2. The lowest BCUT2D eigenvalue weighted by molar-refractivity contribution is 0.0515. The predicted molar refractivity (Wildman–Crippen MR) is 108 cm³/mol. The number of aryl methyl sites for hydroxylation is 1. The number of aromatic nitrogens is 3. The summed E-state index contributed by atoms with van der Waals surface area (Å²) in [7, 11) is 1.69. The first-order chi connectivity index (χ1) is 14.0. The van der Waals surface area contributed by atoms with Gasteiger partial charge in [0.25, 0.3) is 0 Å². The fraction of sp³-hybridized carbons (Fsp3) is 0.200. The highest BCUT2D eigenvalue weighted by Crippen LogP contribution is 2.16. The van der Waals surface area contributed by atoms with Crippen LogP contribution in [0.5, 0.6) is 0 Å². The molecule has 0 atom stereocenters. The SMILES string of the molecule is CCOC(=O)c1cc(NC(=O)Nc2cccc(Cn3cccnc3=O)c2)cn1C. The molecule has 9 nitrogen and oxygen atoms in total. The van der Waals surface area contributed by atoms with Gasteiger partial charge in [-0.25, -0.2) is 19.4 Å². The van der Waals surface area contributed by atoms with E-state index in [-0.39, 0.29) is 12.3 Å². The van der Waals surface area contributed by atoms with Gasteiger partial charge in [0, 0.05) is 31.3 Å². The number of nitrogens with zero attached hydrogens (tertiary/aromatic N) is 3. The molecular weight excluding hydrogens is 374 g/mol. The number of rotatable bonds is 6. The van der Waals surface area contributed by atoms with Crippen LogP contribution < -0.4 is 16.3 Å². The van der Waals surface area contributed by atoms with Crippen molar-refractivity contribution < 1.29 is 14.3 Å². The van der Waals surface area contributed by atoms with Gasteiger partial charge >= 0.3 is 17.7 Å². The summed E-state index contributed by atoms with van der Waals surface area (Å²) in [6, 6.07) is 9.92. The lowest BCUT2D eigenvalue weighted by atomic mass is 10.2. The third-order valence-electron chi connectivity index (χ3n) is 4.07. The van der Waals surface area contributed by atoms with Gasteiger partial charge < -0.3 is 19.9 Å². The van der Waals surface area contributed by atoms with Crippen molar-refractivity contribution >= 4 is 23.4 Å². The molecule has 0 fully saturated rings. The van der Waals surface area contributed by atoms with Crippen molar-refractivity contribution in [2.45, 2.75) is 13.5 Å². The number of esters is 1. The molecule has 0 bridgehead atoms. The van der Waals surface area contributed by atoms with Gasteiger partial charge in [-0.3, -0.25) is 4.57 Å². The highest BCUT2D eigenvalue weighted by molar-refractivity contribution is 6.00. The number of amides is 2. The minimum absolute atomic E-state index is 0.273. The van der Waals surface area contributed by atoms with Crippen LogP contribution in [0, 0.1) is 0 Å². The number of ether oxygens (including phenoxy) is 1. The van der Waals surface area contributed by atoms with Crippen LogP contribution in [0.25, 0.3) is 0 Å². The zero-order chi connectivity index (χ0) is 20.8. The van der Waals surface area contributed by atoms with E-state index >= 15 is 0 Å². The highest BCUT2D eigenvalue weighted by Gasteiger charge is 2.14. The number of hydrogen-bond donors (Lipinski definition) is 2. The Hall–Kier alpha value is -3.88. The van der Waals surface area contributed by atoms with Crippen LogP contribution in [0.4, 0.5) is 16.2 Å². The van der Waals surface area contributed by atoms with Gasteiger partial charge in [0.15, 0.2) is 0 Å². The maximum absolute atomic E-state index is 12.3. The molecule has 2 amide bonds. The second-order valence-electron chi connectivity index (χ2n) is 6.26. The molecule has 1 aromatic carbocycles. The molecule has 0 aliphatic heterocycles. The molecule has 3 aromatic rings. The normalized spacial score (nSPS) is 10.4. The van der Waals surface area contributed by atoms with E-state index in [0.29, 0.717) is 23.6 Å². The van der Waals surface area contributed by atoms with Crippen LogP contribution in [-0.4, -0.2) is 32.7 Å². The Morgan fingerprint density at radius 3 is 2.69 bits per heavy atom. The molecule has 2 aromatic heterocycles. The molecule has 0 aliphatic rings. The van der Waals surface area contributed by atoms with Crippen molar-refractivity contribution in [2.75, 3.05) is 17.2 Å². The van der Waals surface area contributed by atoms with Crippen molar-refractivity contribution in [1.82, 2.24) is 14.1 Å². The third kappa shape index (κ3) is 5.10. The van der Waals surface area contributed by atoms with E-state index in [2.05, 4.69) is 15.6 Å². The molecule has 0 saturated carbocycles. The first kappa shape index (κ1) is 19.9. The molecule has 9 heteroatoms. The van der Waals surface area contributed by atoms with Crippen molar-refractivity contribution in [1.29, 1.82) is 0 Å². The van der Waals surface area contributed by atoms with Crippen molar-refractivity contribution in [2.24, 2.45) is 7.05 Å². The van der Waals surface area contributed by atoms with Crippen LogP contribution >= 0.6 is 0 Å². The molecule has 0 aliphatic carbocycles. The predicted octanol–water partition coefficient (Wildman–Crippen LogP) is 2.45. The molecule has 0 radical (unpaired) electrons. The van der Waals surface area contributed by atoms with Gasteiger partial charge in [-0.2, -0.15) is 0 Å². The smallest absolute Gasteiger partial charge is 0.355 e. The van der Waals surface area contributed by atoms with Crippen LogP contribution in [0.15, 0.2) is 59.8 Å². The van der Waals surface area contributed by atoms with E-state index in [1.54, 1.807) is 61.3 Å². The van der Waals surface area contributed by atoms with Crippen molar-refractivity contribution in [3.8, 4) is 0 Å². The summed E-state index contributed by atoms with van der Waals surface area (Å²) in [6.45, 7) is 2.34. The Balaban J connectivity index is 1.65. The van der Waals surface area contributed by atoms with E-state index in [0.717, 1.165) is 5.56 Å². The average molecular weight is 395 g/mol. The molecule has 0 spiro atoms. The summed E-state index contributed by atoms with van der Waals surface area (Å²) in [4.78, 5) is 39.6. The average Bonchev–Trinajstić information content (AvgIpc) is 3.04. The summed E-state index contributed by atoms with van der Waals surface area (Å²) in [5.74, 6) is -0.457. The second-order valence-corrected chi connectivity index (χ2v) is 6.26. The van der Waals surface area contributed by atoms with Gasteiger partial charge in [0.2, 0.25) is 0 Å². The Labute approximate surface area is 167 Å². The van der Waals surface area contributed by atoms with Gasteiger partial charge in [-0.15, -0.1) is 0 Å². The highest BCUT2D eigenvalue weighted by atomic mass is 16.5. The summed E-state index contributed by atoms with van der Waals surface area (Å²) >= 11 is 0. The lowest BCUT2D eigenvalue weighted by Crippen LogP contribution is -2.22. The number of benzene rings is 1. The monoisotopic (exact) mass is 395 g/mol. The summed E-state index contributed by atoms with van der Waals surface area (Å²) < 4.78 is 8.03. The molecule has 150 valence electrons. The molecule has 3 rings (SSSR count). The Kier molecular flexibility index (Phi) is 6.08. The lowest BCUT2D eigenvalue weighted by Gasteiger charge is -2.09. The Morgan fingerprint density at radius 2 is 1.93 bits per heavy atom. The van der Waals surface area contributed by atoms with E-state index in [9.17, 15) is 14.4 Å². The maximum atomic E-state index is 12.3. The minimum atomic E-state index is -0.457. The largest absolute Gasteiger partial charge is 0.461 e. The fourth-order valence-corrected chi connectivity index (χ4v) is 2.79. The van der Waals surface area contributed by atoms with Crippen LogP contribution in [0.3, 0.4) is 0 Å². The fourth-order valence-electron chi connectivity index (χ4n) is 2.79. The molecule has 0 saturated heterocycles. The minimum Gasteiger partial charge on any atom is -0.461 e. The second kappa shape index (κ2) is 8.87. The molecule has 29 heavy (non-hydrogen) atoms. The van der Waals surface area contributed by atoms with Crippen LogP contribution in [-0.2, 0) is 18.3 Å². The first-order valence-electron chi connectivity index (χ1n) is 8.98. The van der Waals surface area contributed by atoms with E-state index in [4.69, 9.17) is 4.74 Å². The number of urea groups is 1. The summed E-state index contributed by atoms with van der Waals surface area (Å²) in [5.41, 5.74) is 1.86. The van der Waals surface area contributed by atoms with Crippen LogP contribution in [0.2, 0.25) is 0 Å². The standard InChI is InChI=1S/C20H21N5O4/c1-3-29-18(26)17-11-16(13-24(17)2)23-19(27)22-15-7-4-6-14(10-15)12-25-9-5-8-21-20(25)28/h4-11,13H,3,12H2,1-2H3,(H2,22,23,27). The number of hydrogen-bond acceptors (Lipinski definition) is 5. The molecule has 2 N–H and O–H groups in total. The molecule has 2 heterocycles. The topological polar surface area (TPSA) is 107 Å². The van der Waals surface area contributed by atoms with Gasteiger partial charge in [-0.05, 0) is 36.8 Å². The summed E-state index contributed by atoms with van der Waals surface area (Å²) in [5, 5.41) is 5.42. The van der Waals surface area contributed by atoms with Gasteiger partial charge in [0.05, 0.1) is 18.8 Å². The first-order valence-corrected chi connectivity index (χ1v) is 8.98. The third-order valence-corrected chi connectivity index (χ3v) is 4.07. The quantitative estimate of drug-likeness (QED) is 0.624. The number of nitrogens with one attached hydrogen (secondary N) is 2. The van der Waals surface area contributed by atoms with E-state index in [1.807, 2.05) is 6.07 Å². The maximum Gasteiger partial charge on any atom is 0.355 e. The van der Waals surface area contributed by atoms with Crippen LogP contribution in [0.1, 0.15) is 23.0 Å². The van der Waals surface area contributed by atoms with E-state index < -0.39 is 12.0 Å². The summed E-state index contributed by atoms with van der Waals surface area (Å²) in [6.07, 6.45) is 4.72. The van der Waals surface area contributed by atoms with Crippen molar-refractivity contribution in [3.63, 3.8) is 0 Å². The van der Waals surface area contributed by atoms with E-state index in [1.165, 1.54) is 10.8 Å². The number of anilines is 2.